The number of carbonyl (C=O) groups is 1. The van der Waals surface area contributed by atoms with Crippen molar-refractivity contribution in [1.29, 1.82) is 0 Å². The van der Waals surface area contributed by atoms with Gasteiger partial charge in [-0.1, -0.05) is 0 Å². The molecule has 0 aliphatic carbocycles. The van der Waals surface area contributed by atoms with E-state index >= 15 is 0 Å². The van der Waals surface area contributed by atoms with Gasteiger partial charge < -0.3 is 16.0 Å². The molecule has 1 aliphatic heterocycles. The summed E-state index contributed by atoms with van der Waals surface area (Å²) in [5.74, 6) is 0.0328. The van der Waals surface area contributed by atoms with Gasteiger partial charge in [-0.25, -0.2) is 4.98 Å². The summed E-state index contributed by atoms with van der Waals surface area (Å²) in [5.41, 5.74) is 3.32. The van der Waals surface area contributed by atoms with Gasteiger partial charge >= 0.3 is 0 Å². The third-order valence-electron chi connectivity index (χ3n) is 5.21. The molecule has 4 aromatic heterocycles. The van der Waals surface area contributed by atoms with Gasteiger partial charge in [0.2, 0.25) is 5.91 Å². The fourth-order valence-corrected chi connectivity index (χ4v) is 6.89. The summed E-state index contributed by atoms with van der Waals surface area (Å²) in [6.45, 7) is 5.35. The zero-order valence-corrected chi connectivity index (χ0v) is 19.6. The monoisotopic (exact) mass is 469 g/mol. The lowest BCUT2D eigenvalue weighted by Crippen LogP contribution is -2.22. The Morgan fingerprint density at radius 1 is 1.23 bits per heavy atom. The van der Waals surface area contributed by atoms with Crippen molar-refractivity contribution in [1.82, 2.24) is 20.6 Å². The number of hydrogen-bond donors (Lipinski definition) is 3. The van der Waals surface area contributed by atoms with Crippen molar-refractivity contribution in [2.75, 3.05) is 18.4 Å². The number of nitrogens with zero attached hydrogens (tertiary/aromatic N) is 2. The van der Waals surface area contributed by atoms with Gasteiger partial charge in [0, 0.05) is 52.4 Å². The molecular weight excluding hydrogens is 446 g/mol. The lowest BCUT2D eigenvalue weighted by atomic mass is 10.0. The van der Waals surface area contributed by atoms with E-state index in [2.05, 4.69) is 40.0 Å². The number of nitrogens with one attached hydrogen (secondary N) is 3. The molecular formula is C22H23N5OS3. The van der Waals surface area contributed by atoms with Crippen LogP contribution in [0.15, 0.2) is 30.6 Å². The Morgan fingerprint density at radius 3 is 3.00 bits per heavy atom. The third-order valence-corrected chi connectivity index (χ3v) is 8.41. The standard InChI is InChI=1S/C22H23N5OS3/c1-13-2-3-14(29-13)10-23-9-6-19(28)27-22-20(15-4-7-25-12-18(15)31-22)21-26-16-11-24-8-5-17(16)30-21/h2-3,5,8,11,23,25H,4,6-7,9-10,12H2,1H3,(H,27,28). The summed E-state index contributed by atoms with van der Waals surface area (Å²) in [6.07, 6.45) is 4.99. The maximum Gasteiger partial charge on any atom is 0.226 e. The van der Waals surface area contributed by atoms with E-state index in [1.165, 1.54) is 20.2 Å². The van der Waals surface area contributed by atoms with Gasteiger partial charge in [-0.05, 0) is 43.7 Å². The Morgan fingerprint density at radius 2 is 2.16 bits per heavy atom. The zero-order chi connectivity index (χ0) is 21.2. The molecule has 3 N–H and O–H groups in total. The summed E-state index contributed by atoms with van der Waals surface area (Å²) < 4.78 is 1.11. The van der Waals surface area contributed by atoms with Crippen LogP contribution in [0.5, 0.6) is 0 Å². The number of amides is 1. The van der Waals surface area contributed by atoms with Crippen LogP contribution in [0, 0.1) is 6.92 Å². The molecule has 160 valence electrons. The molecule has 1 aliphatic rings. The number of aryl methyl sites for hydroxylation is 1. The van der Waals surface area contributed by atoms with E-state index in [0.717, 1.165) is 51.8 Å². The summed E-state index contributed by atoms with van der Waals surface area (Å²) in [4.78, 5) is 25.6. The van der Waals surface area contributed by atoms with Crippen LogP contribution in [0.4, 0.5) is 5.00 Å². The molecule has 0 aromatic carbocycles. The van der Waals surface area contributed by atoms with Crippen molar-refractivity contribution in [3.63, 3.8) is 0 Å². The number of thiophene rings is 2. The first-order valence-electron chi connectivity index (χ1n) is 10.3. The van der Waals surface area contributed by atoms with Gasteiger partial charge in [-0.3, -0.25) is 9.78 Å². The second-order valence-corrected chi connectivity index (χ2v) is 11.0. The van der Waals surface area contributed by atoms with Crippen LogP contribution in [-0.4, -0.2) is 29.0 Å². The maximum atomic E-state index is 12.7. The average molecular weight is 470 g/mol. The summed E-state index contributed by atoms with van der Waals surface area (Å²) in [6, 6.07) is 6.26. The minimum Gasteiger partial charge on any atom is -0.317 e. The van der Waals surface area contributed by atoms with Crippen LogP contribution >= 0.6 is 34.0 Å². The zero-order valence-electron chi connectivity index (χ0n) is 17.2. The van der Waals surface area contributed by atoms with E-state index in [-0.39, 0.29) is 5.91 Å². The molecule has 31 heavy (non-hydrogen) atoms. The molecule has 0 saturated heterocycles. The smallest absolute Gasteiger partial charge is 0.226 e. The normalized spacial score (nSPS) is 13.5. The van der Waals surface area contributed by atoms with Gasteiger partial charge in [0.05, 0.1) is 10.9 Å². The van der Waals surface area contributed by atoms with Crippen molar-refractivity contribution in [3.05, 3.63) is 50.8 Å². The van der Waals surface area contributed by atoms with Crippen LogP contribution in [0.3, 0.4) is 0 Å². The Labute approximate surface area is 192 Å². The Bertz CT molecular complexity index is 1190. The maximum absolute atomic E-state index is 12.7. The quantitative estimate of drug-likeness (QED) is 0.346. The van der Waals surface area contributed by atoms with Crippen LogP contribution in [0.1, 0.15) is 26.6 Å². The topological polar surface area (TPSA) is 78.9 Å². The fraction of sp³-hybridized carbons (Fsp3) is 0.318. The first kappa shape index (κ1) is 20.7. The van der Waals surface area contributed by atoms with E-state index in [9.17, 15) is 4.79 Å². The molecule has 0 radical (unpaired) electrons. The molecule has 0 fully saturated rings. The molecule has 0 bridgehead atoms. The van der Waals surface area contributed by atoms with Crippen LogP contribution in [0.25, 0.3) is 20.8 Å². The van der Waals surface area contributed by atoms with Gasteiger partial charge in [0.25, 0.3) is 0 Å². The SMILES string of the molecule is Cc1ccc(CNCCC(=O)Nc2sc3c(c2-c2nc4cnccc4s2)CCNC3)s1. The average Bonchev–Trinajstić information content (AvgIpc) is 3.46. The first-order valence-corrected chi connectivity index (χ1v) is 12.7. The number of thiazole rings is 1. The van der Waals surface area contributed by atoms with Gasteiger partial charge in [-0.15, -0.1) is 34.0 Å². The highest BCUT2D eigenvalue weighted by atomic mass is 32.1. The van der Waals surface area contributed by atoms with E-state index in [4.69, 9.17) is 4.98 Å². The van der Waals surface area contributed by atoms with Gasteiger partial charge in [-0.2, -0.15) is 0 Å². The minimum atomic E-state index is 0.0328. The number of fused-ring (bicyclic) bond motifs is 2. The second kappa shape index (κ2) is 9.13. The van der Waals surface area contributed by atoms with Crippen LogP contribution < -0.4 is 16.0 Å². The second-order valence-electron chi connectivity index (χ2n) is 7.48. The number of anilines is 1. The third kappa shape index (κ3) is 4.56. The number of carbonyl (C=O) groups excluding carboxylic acids is 1. The Balaban J connectivity index is 1.31. The lowest BCUT2D eigenvalue weighted by molar-refractivity contribution is -0.116. The highest BCUT2D eigenvalue weighted by molar-refractivity contribution is 7.23. The molecule has 6 nitrogen and oxygen atoms in total. The number of rotatable bonds is 7. The Kier molecular flexibility index (Phi) is 6.10. The molecule has 9 heteroatoms. The Hall–Kier alpha value is -2.17. The largest absolute Gasteiger partial charge is 0.317 e. The molecule has 0 unspecified atom stereocenters. The van der Waals surface area contributed by atoms with Gasteiger partial charge in [0.15, 0.2) is 0 Å². The number of aromatic nitrogens is 2. The predicted molar refractivity (Wildman–Crippen MR) is 130 cm³/mol. The number of pyridine rings is 1. The van der Waals surface area contributed by atoms with Crippen molar-refractivity contribution >= 4 is 55.1 Å². The van der Waals surface area contributed by atoms with Gasteiger partial charge in [0.1, 0.15) is 15.5 Å². The molecule has 0 spiro atoms. The van der Waals surface area contributed by atoms with E-state index in [1.54, 1.807) is 46.4 Å². The fourth-order valence-electron chi connectivity index (χ4n) is 3.72. The summed E-state index contributed by atoms with van der Waals surface area (Å²) >= 11 is 5.12. The predicted octanol–water partition coefficient (Wildman–Crippen LogP) is 4.55. The van der Waals surface area contributed by atoms with E-state index < -0.39 is 0 Å². The van der Waals surface area contributed by atoms with Crippen LogP contribution in [0.2, 0.25) is 0 Å². The van der Waals surface area contributed by atoms with Crippen molar-refractivity contribution in [2.45, 2.75) is 32.9 Å². The first-order chi connectivity index (χ1) is 15.2. The van der Waals surface area contributed by atoms with E-state index in [0.29, 0.717) is 13.0 Å². The molecule has 0 saturated carbocycles. The molecule has 5 heterocycles. The van der Waals surface area contributed by atoms with Crippen molar-refractivity contribution in [2.24, 2.45) is 0 Å². The highest BCUT2D eigenvalue weighted by Gasteiger charge is 2.25. The van der Waals surface area contributed by atoms with Crippen molar-refractivity contribution < 1.29 is 4.79 Å². The molecule has 5 rings (SSSR count). The van der Waals surface area contributed by atoms with Crippen LogP contribution in [-0.2, 0) is 24.3 Å². The summed E-state index contributed by atoms with van der Waals surface area (Å²) in [7, 11) is 0. The lowest BCUT2D eigenvalue weighted by Gasteiger charge is -2.13. The van der Waals surface area contributed by atoms with E-state index in [1.807, 2.05) is 6.07 Å². The molecule has 4 aromatic rings. The molecule has 0 atom stereocenters. The highest BCUT2D eigenvalue weighted by Crippen LogP contribution is 2.44. The molecule has 1 amide bonds. The van der Waals surface area contributed by atoms with Crippen molar-refractivity contribution in [3.8, 4) is 10.6 Å². The minimum absolute atomic E-state index is 0.0328. The summed E-state index contributed by atoms with van der Waals surface area (Å²) in [5, 5.41) is 11.9. The number of hydrogen-bond acceptors (Lipinski definition) is 8.